The van der Waals surface area contributed by atoms with Gasteiger partial charge in [-0.3, -0.25) is 4.79 Å². The van der Waals surface area contributed by atoms with Gasteiger partial charge in [-0.1, -0.05) is 61.9 Å². The number of hydrazone groups is 1. The van der Waals surface area contributed by atoms with E-state index in [4.69, 9.17) is 11.6 Å². The molecule has 0 saturated carbocycles. The minimum atomic E-state index is -0.399. The molecule has 0 bridgehead atoms. The number of hydrogen-bond donors (Lipinski definition) is 2. The van der Waals surface area contributed by atoms with E-state index in [1.165, 1.54) is 18.2 Å². The largest absolute Gasteiger partial charge is 0.506 e. The van der Waals surface area contributed by atoms with Crippen LogP contribution in [0.1, 0.15) is 35.3 Å². The molecule has 0 radical (unpaired) electrons. The number of rotatable bonds is 8. The standard InChI is InChI=1S/C21H24ClN3O2/c1-3-25(4-2)13-5-6-16-7-9-17(10-8-16)15-23-24-21(27)18-11-12-20(26)19(22)14-18/h5-12,14-15,26H,3-4,13H2,1-2H3,(H,24,27). The fourth-order valence-electron chi connectivity index (χ4n) is 2.39. The van der Waals surface area contributed by atoms with E-state index in [-0.39, 0.29) is 10.8 Å². The van der Waals surface area contributed by atoms with Crippen LogP contribution < -0.4 is 5.43 Å². The average Bonchev–Trinajstić information content (AvgIpc) is 2.68. The van der Waals surface area contributed by atoms with E-state index in [0.29, 0.717) is 5.56 Å². The molecular weight excluding hydrogens is 362 g/mol. The maximum atomic E-state index is 12.0. The molecule has 2 aromatic carbocycles. The molecule has 0 saturated heterocycles. The van der Waals surface area contributed by atoms with Crippen LogP contribution in [0, 0.1) is 0 Å². The molecular formula is C21H24ClN3O2. The van der Waals surface area contributed by atoms with Gasteiger partial charge in [-0.2, -0.15) is 5.10 Å². The van der Waals surface area contributed by atoms with Crippen LogP contribution in [-0.4, -0.2) is 41.8 Å². The number of nitrogens with zero attached hydrogens (tertiary/aromatic N) is 2. The lowest BCUT2D eigenvalue weighted by Crippen LogP contribution is -2.22. The third-order valence-electron chi connectivity index (χ3n) is 4.09. The Morgan fingerprint density at radius 1 is 1.15 bits per heavy atom. The highest BCUT2D eigenvalue weighted by atomic mass is 35.5. The van der Waals surface area contributed by atoms with Gasteiger partial charge in [0.2, 0.25) is 0 Å². The Hall–Kier alpha value is -2.63. The predicted octanol–water partition coefficient (Wildman–Crippen LogP) is 4.16. The van der Waals surface area contributed by atoms with Gasteiger partial charge in [0.25, 0.3) is 5.91 Å². The molecule has 2 aromatic rings. The minimum absolute atomic E-state index is 0.0667. The number of aromatic hydroxyl groups is 1. The monoisotopic (exact) mass is 385 g/mol. The SMILES string of the molecule is CCN(CC)CC=Cc1ccc(C=NNC(=O)c2ccc(O)c(Cl)c2)cc1. The van der Waals surface area contributed by atoms with Crippen LogP contribution in [-0.2, 0) is 0 Å². The zero-order chi connectivity index (χ0) is 19.6. The molecule has 2 N–H and O–H groups in total. The van der Waals surface area contributed by atoms with E-state index < -0.39 is 5.91 Å². The minimum Gasteiger partial charge on any atom is -0.506 e. The number of phenols is 1. The Bertz CT molecular complexity index is 813. The van der Waals surface area contributed by atoms with Crippen molar-refractivity contribution in [1.29, 1.82) is 0 Å². The molecule has 5 nitrogen and oxygen atoms in total. The van der Waals surface area contributed by atoms with Crippen molar-refractivity contribution in [1.82, 2.24) is 10.3 Å². The van der Waals surface area contributed by atoms with Crippen molar-refractivity contribution in [3.05, 3.63) is 70.3 Å². The first-order valence-corrected chi connectivity index (χ1v) is 9.22. The Balaban J connectivity index is 1.89. The van der Waals surface area contributed by atoms with E-state index in [0.717, 1.165) is 30.8 Å². The highest BCUT2D eigenvalue weighted by Gasteiger charge is 2.07. The fourth-order valence-corrected chi connectivity index (χ4v) is 2.57. The molecule has 0 atom stereocenters. The summed E-state index contributed by atoms with van der Waals surface area (Å²) in [7, 11) is 0. The lowest BCUT2D eigenvalue weighted by atomic mass is 10.1. The summed E-state index contributed by atoms with van der Waals surface area (Å²) in [5.41, 5.74) is 4.75. The van der Waals surface area contributed by atoms with Gasteiger partial charge in [-0.05, 0) is 42.4 Å². The lowest BCUT2D eigenvalue weighted by molar-refractivity contribution is 0.0955. The van der Waals surface area contributed by atoms with Crippen LogP contribution >= 0.6 is 11.6 Å². The van der Waals surface area contributed by atoms with Crippen LogP contribution in [0.5, 0.6) is 5.75 Å². The molecule has 0 aliphatic heterocycles. The molecule has 0 aliphatic carbocycles. The lowest BCUT2D eigenvalue weighted by Gasteiger charge is -2.14. The average molecular weight is 386 g/mol. The summed E-state index contributed by atoms with van der Waals surface area (Å²) in [5, 5.41) is 13.5. The second kappa shape index (κ2) is 10.5. The number of carbonyl (C=O) groups excluding carboxylic acids is 1. The molecule has 27 heavy (non-hydrogen) atoms. The maximum Gasteiger partial charge on any atom is 0.271 e. The van der Waals surface area contributed by atoms with Gasteiger partial charge in [-0.15, -0.1) is 0 Å². The Kier molecular flexibility index (Phi) is 8.04. The number of hydrogen-bond acceptors (Lipinski definition) is 4. The van der Waals surface area contributed by atoms with Gasteiger partial charge in [0, 0.05) is 12.1 Å². The molecule has 0 spiro atoms. The van der Waals surface area contributed by atoms with Gasteiger partial charge in [0.05, 0.1) is 11.2 Å². The first-order chi connectivity index (χ1) is 13.0. The van der Waals surface area contributed by atoms with Crippen molar-refractivity contribution < 1.29 is 9.90 Å². The fraction of sp³-hybridized carbons (Fsp3) is 0.238. The van der Waals surface area contributed by atoms with Crippen molar-refractivity contribution in [2.45, 2.75) is 13.8 Å². The molecule has 0 fully saturated rings. The second-order valence-electron chi connectivity index (χ2n) is 5.92. The quantitative estimate of drug-likeness (QED) is 0.529. The zero-order valence-electron chi connectivity index (χ0n) is 15.5. The van der Waals surface area contributed by atoms with Gasteiger partial charge >= 0.3 is 0 Å². The molecule has 142 valence electrons. The maximum absolute atomic E-state index is 12.0. The zero-order valence-corrected chi connectivity index (χ0v) is 16.3. The topological polar surface area (TPSA) is 64.9 Å². The first kappa shape index (κ1) is 20.7. The molecule has 2 rings (SSSR count). The van der Waals surface area contributed by atoms with Crippen LogP contribution in [0.3, 0.4) is 0 Å². The summed E-state index contributed by atoms with van der Waals surface area (Å²) in [4.78, 5) is 14.3. The Labute approximate surface area is 165 Å². The number of benzene rings is 2. The highest BCUT2D eigenvalue weighted by Crippen LogP contribution is 2.23. The number of likely N-dealkylation sites (N-methyl/N-ethyl adjacent to an activating group) is 1. The normalized spacial score (nSPS) is 11.6. The van der Waals surface area contributed by atoms with Crippen LogP contribution in [0.15, 0.2) is 53.6 Å². The first-order valence-electron chi connectivity index (χ1n) is 8.84. The molecule has 0 heterocycles. The van der Waals surface area contributed by atoms with Crippen molar-refractivity contribution in [2.75, 3.05) is 19.6 Å². The van der Waals surface area contributed by atoms with Crippen molar-refractivity contribution >= 4 is 29.8 Å². The number of amides is 1. The number of halogens is 1. The van der Waals surface area contributed by atoms with E-state index in [1.54, 1.807) is 6.21 Å². The van der Waals surface area contributed by atoms with E-state index in [1.807, 2.05) is 24.3 Å². The Morgan fingerprint density at radius 3 is 2.44 bits per heavy atom. The summed E-state index contributed by atoms with van der Waals surface area (Å²) >= 11 is 5.80. The van der Waals surface area contributed by atoms with Crippen LogP contribution in [0.4, 0.5) is 0 Å². The number of phenolic OH excluding ortho intramolecular Hbond substituents is 1. The summed E-state index contributed by atoms with van der Waals surface area (Å²) in [6, 6.07) is 12.1. The van der Waals surface area contributed by atoms with Gasteiger partial charge < -0.3 is 10.0 Å². The molecule has 6 heteroatoms. The van der Waals surface area contributed by atoms with Gasteiger partial charge in [0.1, 0.15) is 5.75 Å². The molecule has 1 amide bonds. The summed E-state index contributed by atoms with van der Waals surface area (Å²) in [6.45, 7) is 7.32. The van der Waals surface area contributed by atoms with Crippen LogP contribution in [0.2, 0.25) is 5.02 Å². The summed E-state index contributed by atoms with van der Waals surface area (Å²) in [5.74, 6) is -0.466. The molecule has 0 aromatic heterocycles. The van der Waals surface area contributed by atoms with Crippen molar-refractivity contribution in [3.63, 3.8) is 0 Å². The smallest absolute Gasteiger partial charge is 0.271 e. The van der Waals surface area contributed by atoms with E-state index >= 15 is 0 Å². The second-order valence-corrected chi connectivity index (χ2v) is 6.33. The van der Waals surface area contributed by atoms with E-state index in [2.05, 4.69) is 41.4 Å². The van der Waals surface area contributed by atoms with Crippen molar-refractivity contribution in [2.24, 2.45) is 5.10 Å². The molecule has 0 unspecified atom stereocenters. The highest BCUT2D eigenvalue weighted by molar-refractivity contribution is 6.32. The third kappa shape index (κ3) is 6.55. The summed E-state index contributed by atoms with van der Waals surface area (Å²) < 4.78 is 0. The third-order valence-corrected chi connectivity index (χ3v) is 4.40. The van der Waals surface area contributed by atoms with Gasteiger partial charge in [-0.25, -0.2) is 5.43 Å². The summed E-state index contributed by atoms with van der Waals surface area (Å²) in [6.07, 6.45) is 5.82. The molecule has 0 aliphatic rings. The number of carbonyl (C=O) groups is 1. The van der Waals surface area contributed by atoms with Gasteiger partial charge in [0.15, 0.2) is 0 Å². The van der Waals surface area contributed by atoms with E-state index in [9.17, 15) is 9.90 Å². The predicted molar refractivity (Wildman–Crippen MR) is 111 cm³/mol. The van der Waals surface area contributed by atoms with Crippen molar-refractivity contribution in [3.8, 4) is 5.75 Å². The Morgan fingerprint density at radius 2 is 1.81 bits per heavy atom. The van der Waals surface area contributed by atoms with Crippen LogP contribution in [0.25, 0.3) is 6.08 Å². The number of nitrogens with one attached hydrogen (secondary N) is 1.